The van der Waals surface area contributed by atoms with Crippen molar-refractivity contribution in [1.29, 1.82) is 0 Å². The van der Waals surface area contributed by atoms with E-state index in [1.807, 2.05) is 13.8 Å². The molecule has 1 saturated heterocycles. The van der Waals surface area contributed by atoms with Crippen LogP contribution >= 0.6 is 11.6 Å². The number of rotatable bonds is 1. The molecule has 1 aliphatic heterocycles. The number of aryl methyl sites for hydroxylation is 1. The largest absolute Gasteiger partial charge is 0.506 e. The van der Waals surface area contributed by atoms with E-state index >= 15 is 0 Å². The van der Waals surface area contributed by atoms with Crippen LogP contribution in [-0.2, 0) is 0 Å². The number of benzene rings is 1. The first-order valence-corrected chi connectivity index (χ1v) is 5.93. The molecule has 3 nitrogen and oxygen atoms in total. The number of hydrogen-bond donors (Lipinski definition) is 2. The molecule has 0 bridgehead atoms. The van der Waals surface area contributed by atoms with E-state index in [0.717, 1.165) is 48.0 Å². The van der Waals surface area contributed by atoms with Crippen molar-refractivity contribution in [2.24, 2.45) is 0 Å². The summed E-state index contributed by atoms with van der Waals surface area (Å²) in [5, 5.41) is 14.1. The molecule has 0 spiro atoms. The van der Waals surface area contributed by atoms with Crippen LogP contribution in [0.4, 0.5) is 5.69 Å². The Labute approximate surface area is 101 Å². The van der Waals surface area contributed by atoms with Gasteiger partial charge in [-0.1, -0.05) is 11.6 Å². The van der Waals surface area contributed by atoms with Crippen LogP contribution in [0.2, 0.25) is 5.02 Å². The molecular weight excluding hydrogens is 224 g/mol. The first-order valence-electron chi connectivity index (χ1n) is 5.55. The summed E-state index contributed by atoms with van der Waals surface area (Å²) in [6.45, 7) is 7.60. The smallest absolute Gasteiger partial charge is 0.139 e. The minimum atomic E-state index is 0.335. The first-order chi connectivity index (χ1) is 7.61. The van der Waals surface area contributed by atoms with E-state index in [9.17, 15) is 5.11 Å². The second-order valence-electron chi connectivity index (χ2n) is 4.24. The SMILES string of the molecule is Cc1cc(O)c(N2CCNCC2)c(C)c1Cl. The van der Waals surface area contributed by atoms with E-state index < -0.39 is 0 Å². The number of phenols is 1. The van der Waals surface area contributed by atoms with Gasteiger partial charge in [-0.2, -0.15) is 0 Å². The quantitative estimate of drug-likeness (QED) is 0.789. The summed E-state index contributed by atoms with van der Waals surface area (Å²) in [4.78, 5) is 2.19. The third-order valence-electron chi connectivity index (χ3n) is 3.06. The fourth-order valence-corrected chi connectivity index (χ4v) is 2.36. The van der Waals surface area contributed by atoms with Crippen molar-refractivity contribution < 1.29 is 5.11 Å². The second kappa shape index (κ2) is 4.52. The van der Waals surface area contributed by atoms with Gasteiger partial charge in [-0.15, -0.1) is 0 Å². The summed E-state index contributed by atoms with van der Waals surface area (Å²) >= 11 is 6.22. The van der Waals surface area contributed by atoms with Gasteiger partial charge in [0.1, 0.15) is 5.75 Å². The van der Waals surface area contributed by atoms with Gasteiger partial charge in [-0.05, 0) is 31.0 Å². The monoisotopic (exact) mass is 240 g/mol. The zero-order valence-corrected chi connectivity index (χ0v) is 10.4. The van der Waals surface area contributed by atoms with E-state index in [4.69, 9.17) is 11.6 Å². The Bertz CT molecular complexity index is 400. The Morgan fingerprint density at radius 1 is 1.31 bits per heavy atom. The van der Waals surface area contributed by atoms with Crippen molar-refractivity contribution in [3.8, 4) is 5.75 Å². The Morgan fingerprint density at radius 3 is 2.56 bits per heavy atom. The lowest BCUT2D eigenvalue weighted by atomic mass is 10.1. The maximum Gasteiger partial charge on any atom is 0.139 e. The van der Waals surface area contributed by atoms with Crippen LogP contribution in [0.15, 0.2) is 6.07 Å². The van der Waals surface area contributed by atoms with Crippen LogP contribution < -0.4 is 10.2 Å². The van der Waals surface area contributed by atoms with Crippen molar-refractivity contribution in [3.63, 3.8) is 0 Å². The van der Waals surface area contributed by atoms with Crippen molar-refractivity contribution in [1.82, 2.24) is 5.32 Å². The van der Waals surface area contributed by atoms with E-state index in [1.165, 1.54) is 0 Å². The van der Waals surface area contributed by atoms with Gasteiger partial charge in [0.25, 0.3) is 0 Å². The summed E-state index contributed by atoms with van der Waals surface area (Å²) in [5.74, 6) is 0.335. The van der Waals surface area contributed by atoms with Gasteiger partial charge in [-0.3, -0.25) is 0 Å². The molecule has 0 atom stereocenters. The number of phenolic OH excluding ortho intramolecular Hbond substituents is 1. The van der Waals surface area contributed by atoms with E-state index in [2.05, 4.69) is 10.2 Å². The van der Waals surface area contributed by atoms with E-state index in [1.54, 1.807) is 6.07 Å². The van der Waals surface area contributed by atoms with Gasteiger partial charge in [0.15, 0.2) is 0 Å². The highest BCUT2D eigenvalue weighted by Gasteiger charge is 2.19. The van der Waals surface area contributed by atoms with Crippen molar-refractivity contribution in [2.75, 3.05) is 31.1 Å². The number of hydrogen-bond acceptors (Lipinski definition) is 3. The van der Waals surface area contributed by atoms with Gasteiger partial charge in [-0.25, -0.2) is 0 Å². The summed E-state index contributed by atoms with van der Waals surface area (Å²) in [7, 11) is 0. The molecule has 2 rings (SSSR count). The third kappa shape index (κ3) is 1.97. The number of aromatic hydroxyl groups is 1. The normalized spacial score (nSPS) is 16.6. The Hall–Kier alpha value is -0.930. The summed E-state index contributed by atoms with van der Waals surface area (Å²) < 4.78 is 0. The molecule has 1 aliphatic rings. The molecule has 4 heteroatoms. The minimum Gasteiger partial charge on any atom is -0.506 e. The average Bonchev–Trinajstić information content (AvgIpc) is 2.28. The maximum atomic E-state index is 10.0. The van der Waals surface area contributed by atoms with Crippen LogP contribution in [-0.4, -0.2) is 31.3 Å². The van der Waals surface area contributed by atoms with Crippen molar-refractivity contribution in [3.05, 3.63) is 22.2 Å². The molecular formula is C12H17ClN2O. The van der Waals surface area contributed by atoms with Gasteiger partial charge >= 0.3 is 0 Å². The molecule has 88 valence electrons. The van der Waals surface area contributed by atoms with Crippen LogP contribution in [0.3, 0.4) is 0 Å². The number of nitrogens with zero attached hydrogens (tertiary/aromatic N) is 1. The number of piperazine rings is 1. The summed E-state index contributed by atoms with van der Waals surface area (Å²) in [6.07, 6.45) is 0. The Morgan fingerprint density at radius 2 is 1.94 bits per heavy atom. The Balaban J connectivity index is 2.42. The highest BCUT2D eigenvalue weighted by Crippen LogP contribution is 2.37. The van der Waals surface area contributed by atoms with Crippen molar-refractivity contribution >= 4 is 17.3 Å². The zero-order valence-electron chi connectivity index (χ0n) is 9.68. The molecule has 0 aromatic heterocycles. The second-order valence-corrected chi connectivity index (χ2v) is 4.62. The van der Waals surface area contributed by atoms with Gasteiger partial charge in [0.2, 0.25) is 0 Å². The Kier molecular flexibility index (Phi) is 3.26. The highest BCUT2D eigenvalue weighted by molar-refractivity contribution is 6.32. The predicted octanol–water partition coefficient (Wildman–Crippen LogP) is 2.07. The molecule has 0 amide bonds. The lowest BCUT2D eigenvalue weighted by molar-refractivity contribution is 0.469. The van der Waals surface area contributed by atoms with Crippen LogP contribution in [0, 0.1) is 13.8 Å². The molecule has 0 unspecified atom stereocenters. The molecule has 1 aromatic rings. The summed E-state index contributed by atoms with van der Waals surface area (Å²) in [6, 6.07) is 1.74. The molecule has 2 N–H and O–H groups in total. The highest BCUT2D eigenvalue weighted by atomic mass is 35.5. The van der Waals surface area contributed by atoms with Gasteiger partial charge in [0.05, 0.1) is 5.69 Å². The van der Waals surface area contributed by atoms with Gasteiger partial charge in [0, 0.05) is 31.2 Å². The fraction of sp³-hybridized carbons (Fsp3) is 0.500. The number of halogens is 1. The topological polar surface area (TPSA) is 35.5 Å². The van der Waals surface area contributed by atoms with E-state index in [-0.39, 0.29) is 0 Å². The lowest BCUT2D eigenvalue weighted by Crippen LogP contribution is -2.43. The minimum absolute atomic E-state index is 0.335. The average molecular weight is 241 g/mol. The molecule has 0 aliphatic carbocycles. The lowest BCUT2D eigenvalue weighted by Gasteiger charge is -2.31. The van der Waals surface area contributed by atoms with Crippen LogP contribution in [0.25, 0.3) is 0 Å². The predicted molar refractivity (Wildman–Crippen MR) is 67.7 cm³/mol. The van der Waals surface area contributed by atoms with Crippen LogP contribution in [0.1, 0.15) is 11.1 Å². The standard InChI is InChI=1S/C12H17ClN2O/c1-8-7-10(16)12(9(2)11(8)13)15-5-3-14-4-6-15/h7,14,16H,3-6H2,1-2H3. The zero-order chi connectivity index (χ0) is 11.7. The molecule has 1 aromatic carbocycles. The fourth-order valence-electron chi connectivity index (χ4n) is 2.22. The van der Waals surface area contributed by atoms with Gasteiger partial charge < -0.3 is 15.3 Å². The molecule has 1 heterocycles. The molecule has 1 fully saturated rings. The maximum absolute atomic E-state index is 10.0. The number of nitrogens with one attached hydrogen (secondary N) is 1. The molecule has 0 radical (unpaired) electrons. The van der Waals surface area contributed by atoms with E-state index in [0.29, 0.717) is 5.75 Å². The summed E-state index contributed by atoms with van der Waals surface area (Å²) in [5.41, 5.74) is 2.79. The molecule has 0 saturated carbocycles. The first kappa shape index (κ1) is 11.6. The molecule has 16 heavy (non-hydrogen) atoms. The van der Waals surface area contributed by atoms with Crippen LogP contribution in [0.5, 0.6) is 5.75 Å². The van der Waals surface area contributed by atoms with Crippen molar-refractivity contribution in [2.45, 2.75) is 13.8 Å². The third-order valence-corrected chi connectivity index (χ3v) is 3.64. The number of anilines is 1.